The van der Waals surface area contributed by atoms with Crippen LogP contribution in [0.4, 0.5) is 18.9 Å². The Labute approximate surface area is 187 Å². The van der Waals surface area contributed by atoms with Gasteiger partial charge in [0, 0.05) is 22.9 Å². The van der Waals surface area contributed by atoms with Gasteiger partial charge in [-0.15, -0.1) is 10.2 Å². The van der Waals surface area contributed by atoms with Crippen LogP contribution < -0.4 is 10.1 Å². The summed E-state index contributed by atoms with van der Waals surface area (Å²) in [6.45, 7) is 1.59. The average molecular weight is 475 g/mol. The number of carbonyl (C=O) groups is 1. The number of hydrogen-bond donors (Lipinski definition) is 2. The van der Waals surface area contributed by atoms with Crippen molar-refractivity contribution in [3.8, 4) is 17.6 Å². The van der Waals surface area contributed by atoms with Gasteiger partial charge in [-0.3, -0.25) is 4.79 Å². The van der Waals surface area contributed by atoms with Gasteiger partial charge in [0.05, 0.1) is 21.4 Å². The highest BCUT2D eigenvalue weighted by molar-refractivity contribution is 7.91. The van der Waals surface area contributed by atoms with E-state index < -0.39 is 38.9 Å². The minimum Gasteiger partial charge on any atom is -0.454 e. The number of nitriles is 1. The molecule has 0 saturated heterocycles. The summed E-state index contributed by atoms with van der Waals surface area (Å²) >= 11 is 0. The number of rotatable bonds is 5. The lowest BCUT2D eigenvalue weighted by atomic mass is 10.1. The summed E-state index contributed by atoms with van der Waals surface area (Å²) in [7, 11) is -3.06. The van der Waals surface area contributed by atoms with Crippen LogP contribution in [0.25, 0.3) is 0 Å². The number of aromatic nitrogens is 2. The molecule has 0 aliphatic rings. The molecular formula is C21H16F3N5O3S. The van der Waals surface area contributed by atoms with Crippen molar-refractivity contribution in [1.82, 2.24) is 10.2 Å². The molecule has 0 fully saturated rings. The molecule has 0 bridgehead atoms. The fourth-order valence-corrected chi connectivity index (χ4v) is 3.40. The van der Waals surface area contributed by atoms with Gasteiger partial charge in [-0.2, -0.15) is 18.4 Å². The lowest BCUT2D eigenvalue weighted by molar-refractivity contribution is -0.141. The van der Waals surface area contributed by atoms with Crippen molar-refractivity contribution in [2.75, 3.05) is 11.6 Å². The molecule has 1 amide bonds. The summed E-state index contributed by atoms with van der Waals surface area (Å²) in [5.74, 6) is -1.31. The minimum atomic E-state index is -4.83. The minimum absolute atomic E-state index is 0.117. The highest BCUT2D eigenvalue weighted by Gasteiger charge is 2.35. The standard InChI is InChI=1S/C21H16F3N5O3S/c1-12-8-13(11-25)6-7-16(12)32-17-10-18(21(22,23)24)28-29-19(17)20(30)27-14-4-3-5-15(9-14)33(2,26)31/h3-10,26H,1-2H3,(H,27,30). The molecule has 3 rings (SSSR count). The molecule has 0 saturated carbocycles. The lowest BCUT2D eigenvalue weighted by Crippen LogP contribution is -2.18. The molecule has 8 nitrogen and oxygen atoms in total. The number of benzene rings is 2. The maximum atomic E-state index is 13.2. The molecule has 1 heterocycles. The van der Waals surface area contributed by atoms with Crippen LogP contribution >= 0.6 is 0 Å². The summed E-state index contributed by atoms with van der Waals surface area (Å²) < 4.78 is 64.7. The van der Waals surface area contributed by atoms with Gasteiger partial charge in [-0.1, -0.05) is 6.07 Å². The SMILES string of the molecule is Cc1cc(C#N)ccc1Oc1cc(C(F)(F)F)nnc1C(=O)Nc1cccc(S(C)(=N)=O)c1. The van der Waals surface area contributed by atoms with E-state index in [0.717, 1.165) is 0 Å². The Morgan fingerprint density at radius 3 is 2.48 bits per heavy atom. The first-order valence-corrected chi connectivity index (χ1v) is 11.1. The molecule has 0 aliphatic heterocycles. The zero-order valence-corrected chi connectivity index (χ0v) is 18.0. The third-order valence-electron chi connectivity index (χ3n) is 4.33. The van der Waals surface area contributed by atoms with E-state index in [4.69, 9.17) is 14.8 Å². The maximum Gasteiger partial charge on any atom is 0.435 e. The van der Waals surface area contributed by atoms with Crippen LogP contribution in [0.15, 0.2) is 53.4 Å². The predicted molar refractivity (Wildman–Crippen MR) is 112 cm³/mol. The van der Waals surface area contributed by atoms with Crippen molar-refractivity contribution < 1.29 is 26.9 Å². The van der Waals surface area contributed by atoms with Gasteiger partial charge < -0.3 is 10.1 Å². The molecule has 2 N–H and O–H groups in total. The van der Waals surface area contributed by atoms with E-state index in [2.05, 4.69) is 15.5 Å². The van der Waals surface area contributed by atoms with Crippen LogP contribution in [-0.4, -0.2) is 26.6 Å². The highest BCUT2D eigenvalue weighted by atomic mass is 32.2. The number of ether oxygens (including phenoxy) is 1. The fourth-order valence-electron chi connectivity index (χ4n) is 2.71. The van der Waals surface area contributed by atoms with Gasteiger partial charge in [-0.25, -0.2) is 8.99 Å². The van der Waals surface area contributed by atoms with E-state index >= 15 is 0 Å². The van der Waals surface area contributed by atoms with Gasteiger partial charge >= 0.3 is 6.18 Å². The van der Waals surface area contributed by atoms with Crippen molar-refractivity contribution in [3.63, 3.8) is 0 Å². The Morgan fingerprint density at radius 2 is 1.88 bits per heavy atom. The van der Waals surface area contributed by atoms with Gasteiger partial charge in [0.1, 0.15) is 5.75 Å². The zero-order valence-electron chi connectivity index (χ0n) is 17.2. The number of nitrogens with zero attached hydrogens (tertiary/aromatic N) is 3. The second kappa shape index (κ2) is 8.87. The Morgan fingerprint density at radius 1 is 1.15 bits per heavy atom. The second-order valence-corrected chi connectivity index (χ2v) is 9.12. The van der Waals surface area contributed by atoms with Gasteiger partial charge in [0.15, 0.2) is 17.1 Å². The molecule has 0 aliphatic carbocycles. The topological polar surface area (TPSA) is 129 Å². The van der Waals surface area contributed by atoms with Crippen LogP contribution in [-0.2, 0) is 15.9 Å². The second-order valence-electron chi connectivity index (χ2n) is 6.96. The number of alkyl halides is 3. The monoisotopic (exact) mass is 475 g/mol. The predicted octanol–water partition coefficient (Wildman–Crippen LogP) is 4.76. The summed E-state index contributed by atoms with van der Waals surface area (Å²) in [4.78, 5) is 13.0. The molecule has 1 atom stereocenters. The maximum absolute atomic E-state index is 13.2. The third kappa shape index (κ3) is 5.64. The Balaban J connectivity index is 2.01. The molecule has 3 aromatic rings. The Hall–Kier alpha value is -3.98. The van der Waals surface area contributed by atoms with Crippen LogP contribution in [0.5, 0.6) is 11.5 Å². The van der Waals surface area contributed by atoms with Crippen molar-refractivity contribution in [2.45, 2.75) is 18.0 Å². The first-order chi connectivity index (χ1) is 15.4. The molecule has 2 aromatic carbocycles. The smallest absolute Gasteiger partial charge is 0.435 e. The molecule has 33 heavy (non-hydrogen) atoms. The Bertz CT molecular complexity index is 1380. The van der Waals surface area contributed by atoms with Crippen molar-refractivity contribution in [3.05, 3.63) is 71.0 Å². The van der Waals surface area contributed by atoms with Crippen molar-refractivity contribution in [2.24, 2.45) is 0 Å². The molecule has 1 aromatic heterocycles. The molecule has 170 valence electrons. The van der Waals surface area contributed by atoms with E-state index in [0.29, 0.717) is 17.2 Å². The van der Waals surface area contributed by atoms with Crippen LogP contribution in [0.2, 0.25) is 0 Å². The highest BCUT2D eigenvalue weighted by Crippen LogP contribution is 2.33. The number of anilines is 1. The number of halogens is 3. The molecule has 12 heteroatoms. The van der Waals surface area contributed by atoms with E-state index in [9.17, 15) is 22.2 Å². The van der Waals surface area contributed by atoms with E-state index in [1.54, 1.807) is 6.92 Å². The number of aryl methyl sites for hydroxylation is 1. The fraction of sp³-hybridized carbons (Fsp3) is 0.143. The van der Waals surface area contributed by atoms with Gasteiger partial charge in [0.2, 0.25) is 0 Å². The van der Waals surface area contributed by atoms with Crippen molar-refractivity contribution in [1.29, 1.82) is 10.0 Å². The molecule has 0 radical (unpaired) electrons. The first kappa shape index (κ1) is 23.7. The summed E-state index contributed by atoms with van der Waals surface area (Å²) in [5, 5.41) is 17.9. The molecular weight excluding hydrogens is 459 g/mol. The largest absolute Gasteiger partial charge is 0.454 e. The van der Waals surface area contributed by atoms with E-state index in [-0.39, 0.29) is 16.3 Å². The lowest BCUT2D eigenvalue weighted by Gasteiger charge is -2.14. The normalized spacial score (nSPS) is 13.0. The summed E-state index contributed by atoms with van der Waals surface area (Å²) in [6.07, 6.45) is -3.62. The van der Waals surface area contributed by atoms with Gasteiger partial charge in [-0.05, 0) is 48.9 Å². The third-order valence-corrected chi connectivity index (χ3v) is 5.48. The number of amides is 1. The summed E-state index contributed by atoms with van der Waals surface area (Å²) in [6, 6.07) is 12.5. The number of hydrogen-bond acceptors (Lipinski definition) is 7. The van der Waals surface area contributed by atoms with Crippen LogP contribution in [0, 0.1) is 23.0 Å². The van der Waals surface area contributed by atoms with Crippen LogP contribution in [0.1, 0.15) is 27.3 Å². The molecule has 0 spiro atoms. The molecule has 1 unspecified atom stereocenters. The van der Waals surface area contributed by atoms with E-state index in [1.165, 1.54) is 48.7 Å². The van der Waals surface area contributed by atoms with Gasteiger partial charge in [0.25, 0.3) is 5.91 Å². The number of carbonyl (C=O) groups excluding carboxylic acids is 1. The average Bonchev–Trinajstić information content (AvgIpc) is 2.74. The van der Waals surface area contributed by atoms with Crippen LogP contribution in [0.3, 0.4) is 0 Å². The van der Waals surface area contributed by atoms with Crippen molar-refractivity contribution >= 4 is 21.3 Å². The van der Waals surface area contributed by atoms with E-state index in [1.807, 2.05) is 6.07 Å². The Kier molecular flexibility index (Phi) is 6.37. The first-order valence-electron chi connectivity index (χ1n) is 9.17. The number of nitrogens with one attached hydrogen (secondary N) is 2. The zero-order chi connectivity index (χ0) is 24.4. The quantitative estimate of drug-likeness (QED) is 0.548. The summed E-state index contributed by atoms with van der Waals surface area (Å²) in [5.41, 5.74) is -0.959.